The number of sulfonamides is 1. The lowest BCUT2D eigenvalue weighted by molar-refractivity contribution is 0.520. The molecule has 0 radical (unpaired) electrons. The van der Waals surface area contributed by atoms with E-state index in [1.165, 1.54) is 15.6 Å². The van der Waals surface area contributed by atoms with Crippen LogP contribution in [0, 0.1) is 0 Å². The van der Waals surface area contributed by atoms with Crippen molar-refractivity contribution >= 4 is 31.4 Å². The summed E-state index contributed by atoms with van der Waals surface area (Å²) in [5, 5.41) is 4.02. The smallest absolute Gasteiger partial charge is 0.244 e. The summed E-state index contributed by atoms with van der Waals surface area (Å²) in [5.74, 6) is 0. The van der Waals surface area contributed by atoms with Gasteiger partial charge in [0.2, 0.25) is 10.0 Å². The molecule has 0 amide bonds. The van der Waals surface area contributed by atoms with E-state index in [0.29, 0.717) is 11.4 Å². The van der Waals surface area contributed by atoms with Crippen LogP contribution in [0.15, 0.2) is 29.2 Å². The lowest BCUT2D eigenvalue weighted by atomic mass is 10.2. The Balaban J connectivity index is 2.68. The third-order valence-electron chi connectivity index (χ3n) is 2.89. The van der Waals surface area contributed by atoms with E-state index in [4.69, 9.17) is 0 Å². The highest BCUT2D eigenvalue weighted by Crippen LogP contribution is 2.35. The van der Waals surface area contributed by atoms with Crippen molar-refractivity contribution < 1.29 is 8.42 Å². The van der Waals surface area contributed by atoms with Gasteiger partial charge in [0.05, 0.1) is 0 Å². The summed E-state index contributed by atoms with van der Waals surface area (Å²) in [6, 6.07) is 7.64. The molecule has 0 aliphatic carbocycles. The molecule has 1 N–H and O–H groups in total. The summed E-state index contributed by atoms with van der Waals surface area (Å²) in [5.41, 5.74) is 0. The Morgan fingerprint density at radius 2 is 1.95 bits per heavy atom. The molecule has 0 bridgehead atoms. The largest absolute Gasteiger partial charge is 0.312 e. The van der Waals surface area contributed by atoms with E-state index in [1.807, 2.05) is 31.2 Å². The van der Waals surface area contributed by atoms with E-state index in [2.05, 4.69) is 5.32 Å². The highest BCUT2D eigenvalue weighted by molar-refractivity contribution is 7.89. The van der Waals surface area contributed by atoms with Crippen molar-refractivity contribution in [1.29, 1.82) is 0 Å². The minimum Gasteiger partial charge on any atom is -0.312 e. The van der Waals surface area contributed by atoms with Gasteiger partial charge in [0, 0.05) is 35.6 Å². The summed E-state index contributed by atoms with van der Waals surface area (Å²) in [6.45, 7) is 3.40. The average Bonchev–Trinajstić information content (AvgIpc) is 2.74. The van der Waals surface area contributed by atoms with Gasteiger partial charge >= 0.3 is 0 Å². The van der Waals surface area contributed by atoms with Crippen molar-refractivity contribution in [3.63, 3.8) is 0 Å². The predicted molar refractivity (Wildman–Crippen MR) is 80.1 cm³/mol. The average molecular weight is 298 g/mol. The molecular formula is C13H18N2O2S2. The zero-order valence-corrected chi connectivity index (χ0v) is 12.9. The Bertz CT molecular complexity index is 675. The number of hydrogen-bond donors (Lipinski definition) is 1. The molecule has 1 heterocycles. The van der Waals surface area contributed by atoms with Crippen LogP contribution in [-0.4, -0.2) is 33.4 Å². The van der Waals surface area contributed by atoms with Crippen molar-refractivity contribution in [3.05, 3.63) is 29.1 Å². The lowest BCUT2D eigenvalue weighted by Crippen LogP contribution is -2.24. The van der Waals surface area contributed by atoms with Crippen LogP contribution >= 0.6 is 11.3 Å². The highest BCUT2D eigenvalue weighted by Gasteiger charge is 2.26. The van der Waals surface area contributed by atoms with Gasteiger partial charge in [-0.25, -0.2) is 12.7 Å². The van der Waals surface area contributed by atoms with E-state index < -0.39 is 10.0 Å². The number of fused-ring (bicyclic) bond motifs is 1. The van der Waals surface area contributed by atoms with Crippen LogP contribution in [0.2, 0.25) is 0 Å². The maximum absolute atomic E-state index is 12.5. The Kier molecular flexibility index (Phi) is 4.25. The van der Waals surface area contributed by atoms with E-state index in [0.717, 1.165) is 21.5 Å². The first-order valence-corrected chi connectivity index (χ1v) is 8.37. The van der Waals surface area contributed by atoms with Gasteiger partial charge in [0.1, 0.15) is 4.90 Å². The van der Waals surface area contributed by atoms with Gasteiger partial charge in [0.15, 0.2) is 0 Å². The van der Waals surface area contributed by atoms with Crippen molar-refractivity contribution in [1.82, 2.24) is 9.62 Å². The van der Waals surface area contributed by atoms with Crippen LogP contribution in [0.5, 0.6) is 0 Å². The second kappa shape index (κ2) is 5.58. The SMILES string of the molecule is CCNCc1sc2ccccc2c1S(=O)(=O)N(C)C. The van der Waals surface area contributed by atoms with Gasteiger partial charge < -0.3 is 5.32 Å². The number of hydrogen-bond acceptors (Lipinski definition) is 4. The third-order valence-corrected chi connectivity index (χ3v) is 6.14. The molecule has 2 aromatic rings. The monoisotopic (exact) mass is 298 g/mol. The number of nitrogens with zero attached hydrogens (tertiary/aromatic N) is 1. The molecule has 1 aromatic heterocycles. The first-order chi connectivity index (χ1) is 8.98. The summed E-state index contributed by atoms with van der Waals surface area (Å²) < 4.78 is 27.3. The Hall–Kier alpha value is -0.950. The molecule has 104 valence electrons. The molecule has 0 spiro atoms. The van der Waals surface area contributed by atoms with Crippen LogP contribution < -0.4 is 5.32 Å². The fraction of sp³-hybridized carbons (Fsp3) is 0.385. The van der Waals surface area contributed by atoms with Gasteiger partial charge in [-0.2, -0.15) is 0 Å². The molecule has 2 rings (SSSR count). The third kappa shape index (κ3) is 2.67. The van der Waals surface area contributed by atoms with Gasteiger partial charge in [-0.1, -0.05) is 25.1 Å². The zero-order chi connectivity index (χ0) is 14.0. The van der Waals surface area contributed by atoms with Crippen LogP contribution in [-0.2, 0) is 16.6 Å². The molecule has 0 aliphatic rings. The topological polar surface area (TPSA) is 49.4 Å². The van der Waals surface area contributed by atoms with E-state index >= 15 is 0 Å². The predicted octanol–water partition coefficient (Wildman–Crippen LogP) is 2.26. The molecule has 0 aliphatic heterocycles. The Morgan fingerprint density at radius 3 is 2.58 bits per heavy atom. The summed E-state index contributed by atoms with van der Waals surface area (Å²) in [6.07, 6.45) is 0. The standard InChI is InChI=1S/C13H18N2O2S2/c1-4-14-9-12-13(19(16,17)15(2)3)10-7-5-6-8-11(10)18-12/h5-8,14H,4,9H2,1-3H3. The van der Waals surface area contributed by atoms with Crippen molar-refractivity contribution in [3.8, 4) is 0 Å². The van der Waals surface area contributed by atoms with Crippen molar-refractivity contribution in [2.45, 2.75) is 18.4 Å². The van der Waals surface area contributed by atoms with Gasteiger partial charge in [-0.05, 0) is 12.6 Å². The van der Waals surface area contributed by atoms with Crippen LogP contribution in [0.3, 0.4) is 0 Å². The number of thiophene rings is 1. The molecule has 6 heteroatoms. The molecule has 0 saturated carbocycles. The summed E-state index contributed by atoms with van der Waals surface area (Å²) >= 11 is 1.54. The number of nitrogens with one attached hydrogen (secondary N) is 1. The fourth-order valence-corrected chi connectivity index (χ4v) is 4.65. The summed E-state index contributed by atoms with van der Waals surface area (Å²) in [4.78, 5) is 1.32. The van der Waals surface area contributed by atoms with Gasteiger partial charge in [-0.15, -0.1) is 11.3 Å². The number of rotatable bonds is 5. The minimum absolute atomic E-state index is 0.444. The molecule has 1 aromatic carbocycles. The quantitative estimate of drug-likeness (QED) is 0.921. The van der Waals surface area contributed by atoms with Crippen molar-refractivity contribution in [2.75, 3.05) is 20.6 Å². The Labute approximate surface area is 118 Å². The maximum atomic E-state index is 12.5. The first-order valence-electron chi connectivity index (χ1n) is 6.12. The molecular weight excluding hydrogens is 280 g/mol. The molecule has 0 atom stereocenters. The van der Waals surface area contributed by atoms with E-state index in [-0.39, 0.29) is 0 Å². The van der Waals surface area contributed by atoms with Gasteiger partial charge in [0.25, 0.3) is 0 Å². The first kappa shape index (κ1) is 14.5. The van der Waals surface area contributed by atoms with Crippen LogP contribution in [0.1, 0.15) is 11.8 Å². The number of benzene rings is 1. The summed E-state index contributed by atoms with van der Waals surface area (Å²) in [7, 11) is -0.281. The Morgan fingerprint density at radius 1 is 1.26 bits per heavy atom. The second-order valence-corrected chi connectivity index (χ2v) is 7.64. The molecule has 4 nitrogen and oxygen atoms in total. The van der Waals surface area contributed by atoms with E-state index in [1.54, 1.807) is 14.1 Å². The normalized spacial score (nSPS) is 12.4. The van der Waals surface area contributed by atoms with Crippen LogP contribution in [0.4, 0.5) is 0 Å². The zero-order valence-electron chi connectivity index (χ0n) is 11.3. The molecule has 0 fully saturated rings. The van der Waals surface area contributed by atoms with E-state index in [9.17, 15) is 8.42 Å². The van der Waals surface area contributed by atoms with Gasteiger partial charge in [-0.3, -0.25) is 0 Å². The maximum Gasteiger partial charge on any atom is 0.244 e. The second-order valence-electron chi connectivity index (χ2n) is 4.42. The lowest BCUT2D eigenvalue weighted by Gasteiger charge is -2.12. The highest BCUT2D eigenvalue weighted by atomic mass is 32.2. The molecule has 19 heavy (non-hydrogen) atoms. The molecule has 0 unspecified atom stereocenters. The van der Waals surface area contributed by atoms with Crippen molar-refractivity contribution in [2.24, 2.45) is 0 Å². The molecule has 0 saturated heterocycles. The fourth-order valence-electron chi connectivity index (χ4n) is 1.89. The minimum atomic E-state index is -3.42. The van der Waals surface area contributed by atoms with Crippen LogP contribution in [0.25, 0.3) is 10.1 Å².